The minimum atomic E-state index is -1.65. The lowest BCUT2D eigenvalue weighted by Gasteiger charge is -2.29. The maximum Gasteiger partial charge on any atom is 0.114 e. The van der Waals surface area contributed by atoms with Gasteiger partial charge in [-0.2, -0.15) is 0 Å². The van der Waals surface area contributed by atoms with Gasteiger partial charge in [0.05, 0.1) is 6.61 Å². The number of unbranched alkanes of at least 4 members (excludes halogenated alkanes) is 2. The highest BCUT2D eigenvalue weighted by molar-refractivity contribution is 7.80. The number of hydrogen-bond acceptors (Lipinski definition) is 7. The minimum absolute atomic E-state index is 0.148. The molecule has 0 aliphatic rings. The van der Waals surface area contributed by atoms with Crippen molar-refractivity contribution < 1.29 is 25.5 Å². The zero-order chi connectivity index (χ0) is 17.3. The Kier molecular flexibility index (Phi) is 11.3. The number of aliphatic hydroxyl groups is 5. The molecule has 22 heavy (non-hydrogen) atoms. The molecule has 0 aromatic carbocycles. The maximum absolute atomic E-state index is 10.0. The van der Waals surface area contributed by atoms with Gasteiger partial charge < -0.3 is 30.4 Å². The molecule has 0 spiro atoms. The fraction of sp³-hybridized carbons (Fsp3) is 0.933. The van der Waals surface area contributed by atoms with E-state index in [-0.39, 0.29) is 10.8 Å². The SMILES string of the molecule is CCCCCN(C)CC(C)C(=S)[C@H](O)[C@@H](O)[C@H](O)[C@H](O)CO. The van der Waals surface area contributed by atoms with E-state index < -0.39 is 31.0 Å². The molecule has 0 bridgehead atoms. The summed E-state index contributed by atoms with van der Waals surface area (Å²) in [5.41, 5.74) is 0. The van der Waals surface area contributed by atoms with Gasteiger partial charge in [0.15, 0.2) is 0 Å². The van der Waals surface area contributed by atoms with Crippen LogP contribution in [0.25, 0.3) is 0 Å². The molecular formula is C15H31NO5S. The van der Waals surface area contributed by atoms with Gasteiger partial charge >= 0.3 is 0 Å². The van der Waals surface area contributed by atoms with Crippen molar-refractivity contribution in [2.75, 3.05) is 26.7 Å². The van der Waals surface area contributed by atoms with Gasteiger partial charge in [0.25, 0.3) is 0 Å². The van der Waals surface area contributed by atoms with Crippen LogP contribution in [0.2, 0.25) is 0 Å². The van der Waals surface area contributed by atoms with Gasteiger partial charge in [-0.3, -0.25) is 0 Å². The van der Waals surface area contributed by atoms with E-state index in [1.165, 1.54) is 0 Å². The average Bonchev–Trinajstić information content (AvgIpc) is 2.51. The van der Waals surface area contributed by atoms with Gasteiger partial charge in [-0.1, -0.05) is 38.9 Å². The monoisotopic (exact) mass is 337 g/mol. The molecule has 0 rings (SSSR count). The third-order valence-corrected chi connectivity index (χ3v) is 4.40. The molecule has 0 saturated carbocycles. The van der Waals surface area contributed by atoms with E-state index in [1.54, 1.807) is 0 Å². The predicted octanol–water partition coefficient (Wildman–Crippen LogP) is -0.450. The van der Waals surface area contributed by atoms with Crippen LogP contribution < -0.4 is 0 Å². The third-order valence-electron chi connectivity index (χ3n) is 3.76. The zero-order valence-corrected chi connectivity index (χ0v) is 14.5. The fourth-order valence-electron chi connectivity index (χ4n) is 2.26. The molecule has 0 aromatic rings. The molecule has 1 unspecified atom stereocenters. The van der Waals surface area contributed by atoms with Crippen molar-refractivity contribution in [1.29, 1.82) is 0 Å². The third kappa shape index (κ3) is 7.41. The lowest BCUT2D eigenvalue weighted by molar-refractivity contribution is -0.101. The van der Waals surface area contributed by atoms with Crippen molar-refractivity contribution in [3.8, 4) is 0 Å². The summed E-state index contributed by atoms with van der Waals surface area (Å²) in [4.78, 5) is 2.35. The summed E-state index contributed by atoms with van der Waals surface area (Å²) in [6.45, 7) is 4.87. The number of thiocarbonyl (C=S) groups is 1. The molecule has 0 aliphatic carbocycles. The number of hydrogen-bond donors (Lipinski definition) is 5. The van der Waals surface area contributed by atoms with Crippen LogP contribution in [0.1, 0.15) is 33.1 Å². The van der Waals surface area contributed by atoms with E-state index in [1.807, 2.05) is 14.0 Å². The summed E-state index contributed by atoms with van der Waals surface area (Å²) in [6, 6.07) is 0. The highest BCUT2D eigenvalue weighted by atomic mass is 32.1. The molecule has 5 N–H and O–H groups in total. The van der Waals surface area contributed by atoms with Crippen LogP contribution in [0.4, 0.5) is 0 Å². The summed E-state index contributed by atoms with van der Waals surface area (Å²) in [5.74, 6) is -0.148. The summed E-state index contributed by atoms with van der Waals surface area (Å²) < 4.78 is 0. The largest absolute Gasteiger partial charge is 0.394 e. The number of rotatable bonds is 12. The van der Waals surface area contributed by atoms with E-state index in [4.69, 9.17) is 17.3 Å². The first-order valence-corrected chi connectivity index (χ1v) is 8.22. The molecular weight excluding hydrogens is 306 g/mol. The lowest BCUT2D eigenvalue weighted by atomic mass is 9.94. The van der Waals surface area contributed by atoms with Crippen LogP contribution in [0.15, 0.2) is 0 Å². The zero-order valence-electron chi connectivity index (χ0n) is 13.7. The minimum Gasteiger partial charge on any atom is -0.394 e. The summed E-state index contributed by atoms with van der Waals surface area (Å²) >= 11 is 5.18. The Balaban J connectivity index is 4.41. The smallest absolute Gasteiger partial charge is 0.114 e. The van der Waals surface area contributed by atoms with Crippen LogP contribution in [0.3, 0.4) is 0 Å². The molecule has 132 valence electrons. The topological polar surface area (TPSA) is 104 Å². The summed E-state index contributed by atoms with van der Waals surface area (Å²) in [5, 5.41) is 47.6. The van der Waals surface area contributed by atoms with Gasteiger partial charge in [-0.15, -0.1) is 0 Å². The number of nitrogens with zero attached hydrogens (tertiary/aromatic N) is 1. The van der Waals surface area contributed by atoms with Crippen molar-refractivity contribution in [3.05, 3.63) is 0 Å². The molecule has 0 aromatic heterocycles. The first kappa shape index (κ1) is 21.9. The summed E-state index contributed by atoms with van der Waals surface area (Å²) in [6.07, 6.45) is -2.80. The molecule has 0 saturated heterocycles. The molecule has 6 nitrogen and oxygen atoms in total. The van der Waals surface area contributed by atoms with Crippen molar-refractivity contribution in [2.45, 2.75) is 57.5 Å². The highest BCUT2D eigenvalue weighted by Crippen LogP contribution is 2.13. The van der Waals surface area contributed by atoms with Gasteiger partial charge in [-0.05, 0) is 20.0 Å². The average molecular weight is 337 g/mol. The predicted molar refractivity (Wildman–Crippen MR) is 89.9 cm³/mol. The van der Waals surface area contributed by atoms with Crippen molar-refractivity contribution in [2.24, 2.45) is 5.92 Å². The van der Waals surface area contributed by atoms with E-state index in [0.29, 0.717) is 6.54 Å². The Labute approximate surface area is 138 Å². The van der Waals surface area contributed by atoms with Gasteiger partial charge in [0.1, 0.15) is 24.4 Å². The summed E-state index contributed by atoms with van der Waals surface area (Å²) in [7, 11) is 1.97. The first-order valence-electron chi connectivity index (χ1n) is 7.81. The quantitative estimate of drug-likeness (QED) is 0.243. The standard InChI is InChI=1S/C15H31NO5S/c1-4-5-6-7-16(3)8-10(2)15(22)14(21)13(20)12(19)11(18)9-17/h10-14,17-21H,4-9H2,1-3H3/t10?,11-,12-,13+,14-/m1/s1. The Morgan fingerprint density at radius 2 is 1.68 bits per heavy atom. The maximum atomic E-state index is 10.0. The first-order chi connectivity index (χ1) is 10.3. The molecule has 0 aliphatic heterocycles. The second-order valence-corrected chi connectivity index (χ2v) is 6.42. The van der Waals surface area contributed by atoms with Gasteiger partial charge in [-0.25, -0.2) is 0 Å². The van der Waals surface area contributed by atoms with Crippen LogP contribution in [0.5, 0.6) is 0 Å². The molecule has 0 amide bonds. The van der Waals surface area contributed by atoms with E-state index in [0.717, 1.165) is 25.8 Å². The fourth-order valence-corrected chi connectivity index (χ4v) is 2.48. The Hall–Kier alpha value is -0.150. The lowest BCUT2D eigenvalue weighted by Crippen LogP contribution is -2.50. The van der Waals surface area contributed by atoms with E-state index in [9.17, 15) is 20.4 Å². The van der Waals surface area contributed by atoms with Crippen molar-refractivity contribution >= 4 is 17.1 Å². The van der Waals surface area contributed by atoms with Gasteiger partial charge in [0, 0.05) is 17.3 Å². The Bertz CT molecular complexity index is 318. The van der Waals surface area contributed by atoms with Gasteiger partial charge in [0.2, 0.25) is 0 Å². The molecule has 0 radical (unpaired) electrons. The van der Waals surface area contributed by atoms with Crippen molar-refractivity contribution in [1.82, 2.24) is 4.90 Å². The highest BCUT2D eigenvalue weighted by Gasteiger charge is 2.33. The van der Waals surface area contributed by atoms with Crippen LogP contribution in [-0.2, 0) is 0 Å². The van der Waals surface area contributed by atoms with E-state index in [2.05, 4.69) is 11.8 Å². The number of aliphatic hydroxyl groups excluding tert-OH is 5. The molecule has 7 heteroatoms. The second kappa shape index (κ2) is 11.4. The Morgan fingerprint density at radius 1 is 1.09 bits per heavy atom. The van der Waals surface area contributed by atoms with Crippen LogP contribution >= 0.6 is 12.2 Å². The molecule has 5 atom stereocenters. The Morgan fingerprint density at radius 3 is 2.18 bits per heavy atom. The second-order valence-electron chi connectivity index (χ2n) is 5.95. The van der Waals surface area contributed by atoms with Crippen LogP contribution in [-0.4, -0.2) is 86.5 Å². The van der Waals surface area contributed by atoms with Crippen LogP contribution in [0, 0.1) is 5.92 Å². The molecule has 0 heterocycles. The normalized spacial score (nSPS) is 18.8. The van der Waals surface area contributed by atoms with Crippen molar-refractivity contribution in [3.63, 3.8) is 0 Å². The molecule has 0 fully saturated rings. The van der Waals surface area contributed by atoms with E-state index >= 15 is 0 Å².